The van der Waals surface area contributed by atoms with Crippen molar-refractivity contribution in [2.24, 2.45) is 5.92 Å². The van der Waals surface area contributed by atoms with Gasteiger partial charge in [-0.2, -0.15) is 0 Å². The second kappa shape index (κ2) is 7.07. The van der Waals surface area contributed by atoms with Crippen LogP contribution < -0.4 is 5.32 Å². The molecule has 2 atom stereocenters. The van der Waals surface area contributed by atoms with Crippen molar-refractivity contribution < 1.29 is 9.53 Å². The van der Waals surface area contributed by atoms with Gasteiger partial charge in [-0.25, -0.2) is 0 Å². The number of nitrogens with one attached hydrogen (secondary N) is 1. The van der Waals surface area contributed by atoms with E-state index in [0.29, 0.717) is 6.54 Å². The SMILES string of the molecule is CCC(C)[C@H](NCc1ccccc1)C(=O)OC. The van der Waals surface area contributed by atoms with E-state index in [1.165, 1.54) is 12.7 Å². The third-order valence-corrected chi connectivity index (χ3v) is 3.04. The normalized spacial score (nSPS) is 14.1. The summed E-state index contributed by atoms with van der Waals surface area (Å²) in [7, 11) is 1.43. The van der Waals surface area contributed by atoms with Gasteiger partial charge >= 0.3 is 5.97 Å². The van der Waals surface area contributed by atoms with Gasteiger partial charge in [0.25, 0.3) is 0 Å². The largest absolute Gasteiger partial charge is 0.468 e. The Hall–Kier alpha value is -1.35. The van der Waals surface area contributed by atoms with E-state index >= 15 is 0 Å². The highest BCUT2D eigenvalue weighted by Gasteiger charge is 2.23. The Morgan fingerprint density at radius 2 is 2.00 bits per heavy atom. The summed E-state index contributed by atoms with van der Waals surface area (Å²) in [6, 6.07) is 9.82. The summed E-state index contributed by atoms with van der Waals surface area (Å²) in [6.45, 7) is 4.81. The number of hydrogen-bond acceptors (Lipinski definition) is 3. The molecule has 1 unspecified atom stereocenters. The fourth-order valence-corrected chi connectivity index (χ4v) is 1.70. The van der Waals surface area contributed by atoms with Crippen molar-refractivity contribution in [2.45, 2.75) is 32.9 Å². The average Bonchev–Trinajstić information content (AvgIpc) is 2.39. The number of carbonyl (C=O) groups excluding carboxylic acids is 1. The Morgan fingerprint density at radius 1 is 1.35 bits per heavy atom. The van der Waals surface area contributed by atoms with Crippen molar-refractivity contribution in [2.75, 3.05) is 7.11 Å². The Bertz CT molecular complexity index is 337. The predicted octanol–water partition coefficient (Wildman–Crippen LogP) is 2.36. The molecule has 0 aromatic heterocycles. The van der Waals surface area contributed by atoms with Gasteiger partial charge in [0.1, 0.15) is 6.04 Å². The third-order valence-electron chi connectivity index (χ3n) is 3.04. The van der Waals surface area contributed by atoms with Crippen LogP contribution in [-0.2, 0) is 16.1 Å². The Morgan fingerprint density at radius 3 is 2.53 bits per heavy atom. The monoisotopic (exact) mass is 235 g/mol. The van der Waals surface area contributed by atoms with Crippen molar-refractivity contribution in [1.82, 2.24) is 5.32 Å². The second-order valence-electron chi connectivity index (χ2n) is 4.25. The van der Waals surface area contributed by atoms with Crippen molar-refractivity contribution in [3.63, 3.8) is 0 Å². The molecule has 0 spiro atoms. The highest BCUT2D eigenvalue weighted by atomic mass is 16.5. The van der Waals surface area contributed by atoms with Crippen molar-refractivity contribution in [3.8, 4) is 0 Å². The summed E-state index contributed by atoms with van der Waals surface area (Å²) < 4.78 is 4.82. The lowest BCUT2D eigenvalue weighted by Gasteiger charge is -2.21. The number of rotatable bonds is 6. The van der Waals surface area contributed by atoms with Crippen LogP contribution in [0.15, 0.2) is 30.3 Å². The zero-order valence-corrected chi connectivity index (χ0v) is 10.8. The Balaban J connectivity index is 2.58. The Labute approximate surface area is 103 Å². The molecule has 1 rings (SSSR count). The molecule has 0 bridgehead atoms. The third kappa shape index (κ3) is 4.19. The molecule has 0 saturated heterocycles. The van der Waals surface area contributed by atoms with Crippen LogP contribution in [0.2, 0.25) is 0 Å². The topological polar surface area (TPSA) is 38.3 Å². The van der Waals surface area contributed by atoms with Gasteiger partial charge in [-0.3, -0.25) is 4.79 Å². The van der Waals surface area contributed by atoms with Gasteiger partial charge in [0.15, 0.2) is 0 Å². The lowest BCUT2D eigenvalue weighted by molar-refractivity contribution is -0.144. The summed E-state index contributed by atoms with van der Waals surface area (Å²) in [5.74, 6) is 0.0847. The van der Waals surface area contributed by atoms with Gasteiger partial charge in [-0.15, -0.1) is 0 Å². The van der Waals surface area contributed by atoms with Crippen LogP contribution >= 0.6 is 0 Å². The minimum atomic E-state index is -0.231. The quantitative estimate of drug-likeness (QED) is 0.769. The fraction of sp³-hybridized carbons (Fsp3) is 0.500. The maximum Gasteiger partial charge on any atom is 0.323 e. The van der Waals surface area contributed by atoms with Crippen LogP contribution in [0.3, 0.4) is 0 Å². The summed E-state index contributed by atoms with van der Waals surface area (Å²) in [4.78, 5) is 11.6. The van der Waals surface area contributed by atoms with Crippen LogP contribution in [0.25, 0.3) is 0 Å². The van der Waals surface area contributed by atoms with Crippen LogP contribution in [0.1, 0.15) is 25.8 Å². The van der Waals surface area contributed by atoms with Crippen LogP contribution in [0.5, 0.6) is 0 Å². The number of esters is 1. The van der Waals surface area contributed by atoms with Gasteiger partial charge in [0.2, 0.25) is 0 Å². The molecule has 1 N–H and O–H groups in total. The maximum absolute atomic E-state index is 11.6. The van der Waals surface area contributed by atoms with E-state index in [-0.39, 0.29) is 17.9 Å². The van der Waals surface area contributed by atoms with Gasteiger partial charge < -0.3 is 10.1 Å². The van der Waals surface area contributed by atoms with E-state index in [1.54, 1.807) is 0 Å². The Kier molecular flexibility index (Phi) is 5.70. The summed E-state index contributed by atoms with van der Waals surface area (Å²) in [5, 5.41) is 3.26. The molecule has 0 aliphatic carbocycles. The lowest BCUT2D eigenvalue weighted by atomic mass is 9.99. The van der Waals surface area contributed by atoms with E-state index in [9.17, 15) is 4.79 Å². The standard InChI is InChI=1S/C14H21NO2/c1-4-11(2)13(14(16)17-3)15-10-12-8-6-5-7-9-12/h5-9,11,13,15H,4,10H2,1-3H3/t11?,13-/m0/s1. The van der Waals surface area contributed by atoms with Gasteiger partial charge in [-0.1, -0.05) is 50.6 Å². The average molecular weight is 235 g/mol. The molecule has 3 nitrogen and oxygen atoms in total. The minimum Gasteiger partial charge on any atom is -0.468 e. The number of benzene rings is 1. The van der Waals surface area contributed by atoms with E-state index in [1.807, 2.05) is 30.3 Å². The molecular formula is C14H21NO2. The molecular weight excluding hydrogens is 214 g/mol. The van der Waals surface area contributed by atoms with E-state index in [2.05, 4.69) is 19.2 Å². The predicted molar refractivity (Wildman–Crippen MR) is 68.5 cm³/mol. The molecule has 0 aliphatic heterocycles. The molecule has 1 aromatic rings. The second-order valence-corrected chi connectivity index (χ2v) is 4.25. The van der Waals surface area contributed by atoms with Gasteiger partial charge in [-0.05, 0) is 11.5 Å². The molecule has 3 heteroatoms. The minimum absolute atomic E-state index is 0.185. The molecule has 1 aromatic carbocycles. The van der Waals surface area contributed by atoms with E-state index < -0.39 is 0 Å². The number of carbonyl (C=O) groups is 1. The van der Waals surface area contributed by atoms with Crippen LogP contribution in [0.4, 0.5) is 0 Å². The molecule has 0 saturated carbocycles. The number of hydrogen-bond donors (Lipinski definition) is 1. The summed E-state index contributed by atoms with van der Waals surface area (Å²) >= 11 is 0. The summed E-state index contributed by atoms with van der Waals surface area (Å²) in [6.07, 6.45) is 0.946. The van der Waals surface area contributed by atoms with Crippen LogP contribution in [0, 0.1) is 5.92 Å². The highest BCUT2D eigenvalue weighted by Crippen LogP contribution is 2.10. The molecule has 0 amide bonds. The van der Waals surface area contributed by atoms with Crippen LogP contribution in [-0.4, -0.2) is 19.1 Å². The molecule has 0 heterocycles. The van der Waals surface area contributed by atoms with Gasteiger partial charge in [0.05, 0.1) is 7.11 Å². The molecule has 0 aliphatic rings. The zero-order valence-electron chi connectivity index (χ0n) is 10.8. The molecule has 0 fully saturated rings. The highest BCUT2D eigenvalue weighted by molar-refractivity contribution is 5.75. The number of methoxy groups -OCH3 is 1. The first kappa shape index (κ1) is 13.7. The fourth-order valence-electron chi connectivity index (χ4n) is 1.70. The number of ether oxygens (including phenoxy) is 1. The first-order valence-corrected chi connectivity index (χ1v) is 6.04. The smallest absolute Gasteiger partial charge is 0.323 e. The lowest BCUT2D eigenvalue weighted by Crippen LogP contribution is -2.42. The summed E-state index contributed by atoms with van der Waals surface area (Å²) in [5.41, 5.74) is 1.17. The zero-order chi connectivity index (χ0) is 12.7. The van der Waals surface area contributed by atoms with Crippen molar-refractivity contribution >= 4 is 5.97 Å². The van der Waals surface area contributed by atoms with Crippen molar-refractivity contribution in [1.29, 1.82) is 0 Å². The molecule has 94 valence electrons. The maximum atomic E-state index is 11.6. The molecule has 0 radical (unpaired) electrons. The first-order chi connectivity index (χ1) is 8.19. The van der Waals surface area contributed by atoms with Crippen molar-refractivity contribution in [3.05, 3.63) is 35.9 Å². The first-order valence-electron chi connectivity index (χ1n) is 6.04. The van der Waals surface area contributed by atoms with E-state index in [0.717, 1.165) is 6.42 Å². The van der Waals surface area contributed by atoms with E-state index in [4.69, 9.17) is 4.74 Å². The van der Waals surface area contributed by atoms with Gasteiger partial charge in [0, 0.05) is 6.54 Å². The molecule has 17 heavy (non-hydrogen) atoms.